The molecule has 1 aromatic carbocycles. The molecule has 7 heteroatoms. The molecule has 2 aromatic rings. The molecule has 1 aromatic heterocycles. The van der Waals surface area contributed by atoms with Crippen LogP contribution in [0, 0.1) is 0 Å². The van der Waals surface area contributed by atoms with Crippen molar-refractivity contribution in [2.45, 2.75) is 48.9 Å². The summed E-state index contributed by atoms with van der Waals surface area (Å²) < 4.78 is 0.293. The first-order valence-electron chi connectivity index (χ1n) is 10.0. The van der Waals surface area contributed by atoms with Crippen molar-refractivity contribution in [1.29, 1.82) is 0 Å². The zero-order chi connectivity index (χ0) is 18.9. The maximum absolute atomic E-state index is 9.11. The Kier molecular flexibility index (Phi) is 5.88. The quantitative estimate of drug-likeness (QED) is 0.778. The van der Waals surface area contributed by atoms with Crippen LogP contribution < -0.4 is 4.90 Å². The van der Waals surface area contributed by atoms with E-state index >= 15 is 0 Å². The molecular formula is C20H29ClN4OS. The second kappa shape index (κ2) is 8.19. The second-order valence-electron chi connectivity index (χ2n) is 8.03. The van der Waals surface area contributed by atoms with E-state index < -0.39 is 0 Å². The first kappa shape index (κ1) is 19.4. The summed E-state index contributed by atoms with van der Waals surface area (Å²) in [5.41, 5.74) is 3.08. The van der Waals surface area contributed by atoms with Crippen molar-refractivity contribution in [2.24, 2.45) is 0 Å². The minimum Gasteiger partial charge on any atom is -0.395 e. The Labute approximate surface area is 170 Å². The maximum atomic E-state index is 9.11. The summed E-state index contributed by atoms with van der Waals surface area (Å²) in [4.78, 5) is 13.0. The number of rotatable bonds is 5. The molecule has 27 heavy (non-hydrogen) atoms. The van der Waals surface area contributed by atoms with E-state index in [1.807, 2.05) is 17.8 Å². The normalized spacial score (nSPS) is 21.1. The first-order valence-corrected chi connectivity index (χ1v) is 11.2. The highest BCUT2D eigenvalue weighted by Gasteiger charge is 2.29. The lowest BCUT2D eigenvalue weighted by Gasteiger charge is -2.36. The minimum atomic E-state index is 0.222. The smallest absolute Gasteiger partial charge is 0.166 e. The molecule has 0 atom stereocenters. The molecule has 2 aliphatic rings. The Morgan fingerprint density at radius 3 is 2.63 bits per heavy atom. The van der Waals surface area contributed by atoms with Gasteiger partial charge < -0.3 is 15.0 Å². The summed E-state index contributed by atoms with van der Waals surface area (Å²) >= 11 is 8.50. The topological polar surface area (TPSA) is 55.4 Å². The highest BCUT2D eigenvalue weighted by atomic mass is 35.5. The number of imidazole rings is 1. The van der Waals surface area contributed by atoms with E-state index in [-0.39, 0.29) is 6.61 Å². The molecule has 0 unspecified atom stereocenters. The average molecular weight is 409 g/mol. The van der Waals surface area contributed by atoms with Gasteiger partial charge in [-0.3, -0.25) is 4.90 Å². The van der Waals surface area contributed by atoms with Gasteiger partial charge in [-0.05, 0) is 31.9 Å². The van der Waals surface area contributed by atoms with Gasteiger partial charge in [0.15, 0.2) is 5.16 Å². The fourth-order valence-corrected chi connectivity index (χ4v) is 5.82. The molecule has 5 nitrogen and oxygen atoms in total. The fraction of sp³-hybridized carbons (Fsp3) is 0.650. The predicted molar refractivity (Wildman–Crippen MR) is 114 cm³/mol. The Morgan fingerprint density at radius 1 is 1.19 bits per heavy atom. The van der Waals surface area contributed by atoms with Gasteiger partial charge in [-0.25, -0.2) is 4.98 Å². The van der Waals surface area contributed by atoms with Gasteiger partial charge in [0.05, 0.1) is 28.4 Å². The molecule has 0 amide bonds. The third-order valence-corrected chi connectivity index (χ3v) is 7.50. The number of hydrogen-bond donors (Lipinski definition) is 2. The summed E-state index contributed by atoms with van der Waals surface area (Å²) in [6.07, 6.45) is 6.53. The monoisotopic (exact) mass is 408 g/mol. The van der Waals surface area contributed by atoms with Crippen LogP contribution in [0.5, 0.6) is 0 Å². The maximum Gasteiger partial charge on any atom is 0.166 e. The van der Waals surface area contributed by atoms with Crippen LogP contribution in [0.1, 0.15) is 39.0 Å². The number of anilines is 1. The van der Waals surface area contributed by atoms with Crippen LogP contribution in [0.3, 0.4) is 0 Å². The molecule has 2 heterocycles. The molecule has 2 fully saturated rings. The fourth-order valence-electron chi connectivity index (χ4n) is 4.28. The number of aliphatic hydroxyl groups excluding tert-OH is 1. The molecule has 1 aliphatic heterocycles. The van der Waals surface area contributed by atoms with Crippen LogP contribution >= 0.6 is 23.4 Å². The van der Waals surface area contributed by atoms with Gasteiger partial charge in [0.1, 0.15) is 0 Å². The molecule has 0 radical (unpaired) electrons. The number of piperazine rings is 1. The number of halogens is 1. The van der Waals surface area contributed by atoms with Crippen LogP contribution in [0.15, 0.2) is 17.3 Å². The predicted octanol–water partition coefficient (Wildman–Crippen LogP) is 4.15. The molecule has 1 saturated heterocycles. The van der Waals surface area contributed by atoms with Gasteiger partial charge in [0, 0.05) is 37.5 Å². The highest BCUT2D eigenvalue weighted by molar-refractivity contribution is 8.00. The number of aliphatic hydroxyl groups is 1. The Morgan fingerprint density at radius 2 is 1.93 bits per heavy atom. The third kappa shape index (κ3) is 4.39. The summed E-state index contributed by atoms with van der Waals surface area (Å²) in [7, 11) is 0. The number of nitrogens with one attached hydrogen (secondary N) is 1. The van der Waals surface area contributed by atoms with Crippen molar-refractivity contribution in [3.05, 3.63) is 17.2 Å². The van der Waals surface area contributed by atoms with Crippen molar-refractivity contribution in [2.75, 3.05) is 44.2 Å². The van der Waals surface area contributed by atoms with Crippen LogP contribution in [-0.2, 0) is 0 Å². The van der Waals surface area contributed by atoms with E-state index in [4.69, 9.17) is 21.7 Å². The number of nitrogens with zero attached hydrogens (tertiary/aromatic N) is 3. The number of H-pyrrole nitrogens is 1. The summed E-state index contributed by atoms with van der Waals surface area (Å²) in [5.74, 6) is 0. The second-order valence-corrected chi connectivity index (χ2v) is 10.0. The van der Waals surface area contributed by atoms with Crippen molar-refractivity contribution in [3.63, 3.8) is 0 Å². The van der Waals surface area contributed by atoms with Gasteiger partial charge >= 0.3 is 0 Å². The Hall–Kier alpha value is -0.950. The van der Waals surface area contributed by atoms with Gasteiger partial charge in [-0.15, -0.1) is 0 Å². The lowest BCUT2D eigenvalue weighted by atomic mass is 9.90. The van der Waals surface area contributed by atoms with E-state index in [1.165, 1.54) is 32.1 Å². The SMILES string of the molecule is CC1(Sc2nc3cc(N4CCN(CCO)CC4)c(Cl)cc3[nH]2)CCCCC1. The van der Waals surface area contributed by atoms with Crippen LogP contribution in [0.25, 0.3) is 11.0 Å². The van der Waals surface area contributed by atoms with Crippen LogP contribution in [0.2, 0.25) is 5.02 Å². The number of β-amino-alcohol motifs (C(OH)–C–C–N with tert-alkyl or cyclic N) is 1. The van der Waals surface area contributed by atoms with Crippen molar-refractivity contribution < 1.29 is 5.11 Å². The van der Waals surface area contributed by atoms with E-state index in [2.05, 4.69) is 27.8 Å². The molecule has 4 rings (SSSR count). The third-order valence-electron chi connectivity index (χ3n) is 5.91. The number of benzene rings is 1. The van der Waals surface area contributed by atoms with Crippen LogP contribution in [-0.4, -0.2) is 64.1 Å². The van der Waals surface area contributed by atoms with Gasteiger partial charge in [-0.1, -0.05) is 42.6 Å². The van der Waals surface area contributed by atoms with Crippen LogP contribution in [0.4, 0.5) is 5.69 Å². The lowest BCUT2D eigenvalue weighted by molar-refractivity contribution is 0.189. The summed E-state index contributed by atoms with van der Waals surface area (Å²) in [6.45, 7) is 7.10. The largest absolute Gasteiger partial charge is 0.395 e. The molecular weight excluding hydrogens is 380 g/mol. The number of thioether (sulfide) groups is 1. The summed E-state index contributed by atoms with van der Waals surface area (Å²) in [6, 6.07) is 4.15. The Bertz CT molecular complexity index is 782. The van der Waals surface area contributed by atoms with Crippen molar-refractivity contribution in [1.82, 2.24) is 14.9 Å². The van der Waals surface area contributed by atoms with Crippen molar-refractivity contribution in [3.8, 4) is 0 Å². The number of hydrogen-bond acceptors (Lipinski definition) is 5. The van der Waals surface area contributed by atoms with Gasteiger partial charge in [0.2, 0.25) is 0 Å². The molecule has 2 N–H and O–H groups in total. The van der Waals surface area contributed by atoms with E-state index in [9.17, 15) is 0 Å². The highest BCUT2D eigenvalue weighted by Crippen LogP contribution is 2.43. The van der Waals surface area contributed by atoms with Gasteiger partial charge in [0.25, 0.3) is 0 Å². The minimum absolute atomic E-state index is 0.222. The number of aromatic nitrogens is 2. The molecule has 0 bridgehead atoms. The van der Waals surface area contributed by atoms with E-state index in [0.717, 1.165) is 59.6 Å². The number of fused-ring (bicyclic) bond motifs is 1. The Balaban J connectivity index is 1.51. The molecule has 0 spiro atoms. The van der Waals surface area contributed by atoms with E-state index in [1.54, 1.807) is 0 Å². The number of aromatic amines is 1. The zero-order valence-corrected chi connectivity index (χ0v) is 17.6. The lowest BCUT2D eigenvalue weighted by Crippen LogP contribution is -2.47. The zero-order valence-electron chi connectivity index (χ0n) is 16.0. The molecule has 148 valence electrons. The standard InChI is InChI=1S/C20H29ClN4OS/c1-20(5-3-2-4-6-20)27-19-22-16-13-15(21)18(14-17(16)23-19)25-9-7-24(8-10-25)11-12-26/h13-14,26H,2-12H2,1H3,(H,22,23). The average Bonchev–Trinajstić information content (AvgIpc) is 3.03. The molecule has 1 aliphatic carbocycles. The first-order chi connectivity index (χ1) is 13.1. The summed E-state index contributed by atoms with van der Waals surface area (Å²) in [5, 5.41) is 10.9. The van der Waals surface area contributed by atoms with E-state index in [0.29, 0.717) is 4.75 Å². The molecule has 1 saturated carbocycles. The van der Waals surface area contributed by atoms with Gasteiger partial charge in [-0.2, -0.15) is 0 Å². The van der Waals surface area contributed by atoms with Crippen molar-refractivity contribution >= 4 is 40.1 Å².